The van der Waals surface area contributed by atoms with E-state index in [1.807, 2.05) is 7.05 Å². The Morgan fingerprint density at radius 3 is 2.54 bits per heavy atom. The van der Waals surface area contributed by atoms with Crippen LogP contribution in [0.5, 0.6) is 0 Å². The Balaban J connectivity index is 1.56. The van der Waals surface area contributed by atoms with E-state index in [2.05, 4.69) is 15.7 Å². The van der Waals surface area contributed by atoms with E-state index in [1.54, 1.807) is 10.7 Å². The van der Waals surface area contributed by atoms with Crippen molar-refractivity contribution in [3.63, 3.8) is 0 Å². The maximum Gasteiger partial charge on any atom is 0.314 e. The first-order valence-corrected chi connectivity index (χ1v) is 8.34. The molecule has 0 unspecified atom stereocenters. The third-order valence-electron chi connectivity index (χ3n) is 5.03. The van der Waals surface area contributed by atoms with Gasteiger partial charge in [0.1, 0.15) is 0 Å². The van der Waals surface area contributed by atoms with Gasteiger partial charge in [-0.05, 0) is 25.7 Å². The van der Waals surface area contributed by atoms with E-state index >= 15 is 0 Å². The van der Waals surface area contributed by atoms with Gasteiger partial charge in [0.15, 0.2) is 5.82 Å². The highest BCUT2D eigenvalue weighted by molar-refractivity contribution is 6.39. The zero-order valence-corrected chi connectivity index (χ0v) is 13.8. The van der Waals surface area contributed by atoms with Gasteiger partial charge in [0, 0.05) is 31.3 Å². The van der Waals surface area contributed by atoms with Crippen LogP contribution in [0.15, 0.2) is 6.07 Å². The third-order valence-corrected chi connectivity index (χ3v) is 5.03. The number of amides is 3. The normalized spacial score (nSPS) is 19.0. The van der Waals surface area contributed by atoms with Crippen LogP contribution in [-0.4, -0.2) is 34.0 Å². The van der Waals surface area contributed by atoms with Crippen molar-refractivity contribution in [1.29, 1.82) is 0 Å². The van der Waals surface area contributed by atoms with Crippen LogP contribution in [0.1, 0.15) is 50.1 Å². The Bertz CT molecular complexity index is 671. The van der Waals surface area contributed by atoms with E-state index in [1.165, 1.54) is 0 Å². The minimum atomic E-state index is -0.784. The van der Waals surface area contributed by atoms with Crippen molar-refractivity contribution in [2.45, 2.75) is 44.4 Å². The van der Waals surface area contributed by atoms with Crippen LogP contribution in [0.25, 0.3) is 0 Å². The van der Waals surface area contributed by atoms with Crippen LogP contribution in [-0.2, 0) is 21.4 Å². The molecule has 2 fully saturated rings. The Kier molecular flexibility index (Phi) is 4.29. The van der Waals surface area contributed by atoms with Gasteiger partial charge < -0.3 is 16.4 Å². The van der Waals surface area contributed by atoms with Crippen molar-refractivity contribution in [1.82, 2.24) is 15.1 Å². The number of hydrogen-bond donors (Lipinski definition) is 3. The molecular formula is C16H23N5O3. The van der Waals surface area contributed by atoms with Gasteiger partial charge in [-0.25, -0.2) is 0 Å². The molecule has 130 valence electrons. The lowest BCUT2D eigenvalue weighted by Crippen LogP contribution is -2.47. The van der Waals surface area contributed by atoms with Crippen molar-refractivity contribution in [3.05, 3.63) is 11.8 Å². The largest absolute Gasteiger partial charge is 0.369 e. The van der Waals surface area contributed by atoms with E-state index < -0.39 is 23.1 Å². The van der Waals surface area contributed by atoms with Gasteiger partial charge in [-0.1, -0.05) is 12.8 Å². The molecule has 3 amide bonds. The molecule has 24 heavy (non-hydrogen) atoms. The number of nitrogens with zero attached hydrogens (tertiary/aromatic N) is 2. The molecule has 2 aliphatic carbocycles. The minimum absolute atomic E-state index is 0.101. The molecule has 0 bridgehead atoms. The second kappa shape index (κ2) is 6.26. The van der Waals surface area contributed by atoms with Crippen molar-refractivity contribution >= 4 is 23.5 Å². The van der Waals surface area contributed by atoms with Crippen molar-refractivity contribution in [2.75, 3.05) is 11.9 Å². The van der Waals surface area contributed by atoms with E-state index in [4.69, 9.17) is 5.73 Å². The maximum absolute atomic E-state index is 12.0. The summed E-state index contributed by atoms with van der Waals surface area (Å²) in [7, 11) is 1.82. The standard InChI is InChI=1S/C16H23N5O3/c1-21-11(10-4-5-10)8-12(20-21)19-14(23)13(22)18-9-16(15(17)24)6-2-3-7-16/h8,10H,2-7,9H2,1H3,(H2,17,24)(H,18,22)(H,19,20,23). The molecule has 2 aliphatic rings. The lowest BCUT2D eigenvalue weighted by atomic mass is 9.85. The topological polar surface area (TPSA) is 119 Å². The summed E-state index contributed by atoms with van der Waals surface area (Å²) in [5.41, 5.74) is 5.81. The molecule has 1 aromatic heterocycles. The lowest BCUT2D eigenvalue weighted by Gasteiger charge is -2.24. The number of primary amides is 1. The van der Waals surface area contributed by atoms with E-state index in [0.717, 1.165) is 31.4 Å². The highest BCUT2D eigenvalue weighted by atomic mass is 16.2. The fourth-order valence-electron chi connectivity index (χ4n) is 3.37. The van der Waals surface area contributed by atoms with Gasteiger partial charge in [-0.2, -0.15) is 5.10 Å². The maximum atomic E-state index is 12.0. The summed E-state index contributed by atoms with van der Waals surface area (Å²) in [6, 6.07) is 1.80. The van der Waals surface area contributed by atoms with Gasteiger partial charge in [0.2, 0.25) is 5.91 Å². The SMILES string of the molecule is Cn1nc(NC(=O)C(=O)NCC2(C(N)=O)CCCC2)cc1C1CC1. The first kappa shape index (κ1) is 16.5. The molecule has 4 N–H and O–H groups in total. The minimum Gasteiger partial charge on any atom is -0.369 e. The van der Waals surface area contributed by atoms with Gasteiger partial charge >= 0.3 is 11.8 Å². The quantitative estimate of drug-likeness (QED) is 0.676. The predicted octanol–water partition coefficient (Wildman–Crippen LogP) is 0.398. The van der Waals surface area contributed by atoms with E-state index in [-0.39, 0.29) is 6.54 Å². The van der Waals surface area contributed by atoms with Crippen molar-refractivity contribution < 1.29 is 14.4 Å². The van der Waals surface area contributed by atoms with Gasteiger partial charge in [-0.3, -0.25) is 19.1 Å². The Morgan fingerprint density at radius 2 is 1.96 bits per heavy atom. The summed E-state index contributed by atoms with van der Waals surface area (Å²) < 4.78 is 1.73. The van der Waals surface area contributed by atoms with Crippen LogP contribution in [0.2, 0.25) is 0 Å². The molecule has 8 nitrogen and oxygen atoms in total. The van der Waals surface area contributed by atoms with Crippen LogP contribution in [0.4, 0.5) is 5.82 Å². The molecule has 0 aromatic carbocycles. The summed E-state index contributed by atoms with van der Waals surface area (Å²) in [5.74, 6) is -1.11. The van der Waals surface area contributed by atoms with E-state index in [9.17, 15) is 14.4 Å². The number of aromatic nitrogens is 2. The molecule has 8 heteroatoms. The van der Waals surface area contributed by atoms with Crippen LogP contribution >= 0.6 is 0 Å². The monoisotopic (exact) mass is 333 g/mol. The number of anilines is 1. The average Bonchev–Trinajstić information content (AvgIpc) is 3.14. The predicted molar refractivity (Wildman–Crippen MR) is 86.9 cm³/mol. The number of carbonyl (C=O) groups is 3. The molecule has 0 atom stereocenters. The summed E-state index contributed by atoms with van der Waals surface area (Å²) in [6.45, 7) is 0.101. The van der Waals surface area contributed by atoms with Crippen LogP contribution in [0.3, 0.4) is 0 Å². The molecule has 0 saturated heterocycles. The number of carbonyl (C=O) groups excluding carboxylic acids is 3. The number of nitrogens with two attached hydrogens (primary N) is 1. The summed E-state index contributed by atoms with van der Waals surface area (Å²) in [6.07, 6.45) is 5.36. The highest BCUT2D eigenvalue weighted by Gasteiger charge is 2.40. The average molecular weight is 333 g/mol. The van der Waals surface area contributed by atoms with Gasteiger partial charge in [0.05, 0.1) is 5.41 Å². The van der Waals surface area contributed by atoms with E-state index in [0.29, 0.717) is 24.6 Å². The fourth-order valence-corrected chi connectivity index (χ4v) is 3.37. The smallest absolute Gasteiger partial charge is 0.314 e. The number of aryl methyl sites for hydroxylation is 1. The lowest BCUT2D eigenvalue weighted by molar-refractivity contribution is -0.137. The Hall–Kier alpha value is -2.38. The first-order valence-electron chi connectivity index (χ1n) is 8.34. The first-order chi connectivity index (χ1) is 11.4. The Morgan fingerprint density at radius 1 is 1.29 bits per heavy atom. The van der Waals surface area contributed by atoms with Crippen LogP contribution in [0, 0.1) is 5.41 Å². The van der Waals surface area contributed by atoms with Crippen LogP contribution < -0.4 is 16.4 Å². The highest BCUT2D eigenvalue weighted by Crippen LogP contribution is 2.40. The number of hydrogen-bond acceptors (Lipinski definition) is 4. The number of rotatable bonds is 5. The molecule has 1 heterocycles. The molecule has 0 aliphatic heterocycles. The summed E-state index contributed by atoms with van der Waals surface area (Å²) in [4.78, 5) is 35.7. The molecule has 3 rings (SSSR count). The second-order valence-corrected chi connectivity index (χ2v) is 6.84. The van der Waals surface area contributed by atoms with Gasteiger partial charge in [-0.15, -0.1) is 0 Å². The summed E-state index contributed by atoms with van der Waals surface area (Å²) >= 11 is 0. The Labute approximate surface area is 140 Å². The molecule has 2 saturated carbocycles. The molecular weight excluding hydrogens is 310 g/mol. The fraction of sp³-hybridized carbons (Fsp3) is 0.625. The second-order valence-electron chi connectivity index (χ2n) is 6.84. The van der Waals surface area contributed by atoms with Crippen molar-refractivity contribution in [3.8, 4) is 0 Å². The molecule has 0 spiro atoms. The zero-order chi connectivity index (χ0) is 17.3. The summed E-state index contributed by atoms with van der Waals surface area (Å²) in [5, 5.41) is 9.24. The third kappa shape index (κ3) is 3.27. The van der Waals surface area contributed by atoms with Gasteiger partial charge in [0.25, 0.3) is 0 Å². The molecule has 1 aromatic rings. The molecule has 0 radical (unpaired) electrons. The number of nitrogens with one attached hydrogen (secondary N) is 2. The van der Waals surface area contributed by atoms with Crippen molar-refractivity contribution in [2.24, 2.45) is 18.2 Å². The zero-order valence-electron chi connectivity index (χ0n) is 13.8.